The van der Waals surface area contributed by atoms with Crippen molar-refractivity contribution in [3.05, 3.63) is 57.3 Å². The van der Waals surface area contributed by atoms with Crippen LogP contribution in [0, 0.1) is 0 Å². The van der Waals surface area contributed by atoms with Crippen LogP contribution in [0.4, 0.5) is 4.79 Å². The van der Waals surface area contributed by atoms with Crippen molar-refractivity contribution < 1.29 is 9.53 Å². The van der Waals surface area contributed by atoms with Crippen LogP contribution in [0.5, 0.6) is 5.88 Å². The molecule has 0 radical (unpaired) electrons. The number of carbonyl (C=O) groups excluding carboxylic acids is 1. The first kappa shape index (κ1) is 22.0. The highest BCUT2D eigenvalue weighted by Gasteiger charge is 2.20. The number of nitrogens with one attached hydrogen (secondary N) is 2. The Morgan fingerprint density at radius 2 is 2.23 bits per heavy atom. The van der Waals surface area contributed by atoms with Gasteiger partial charge in [0.05, 0.1) is 40.1 Å². The van der Waals surface area contributed by atoms with Gasteiger partial charge in [-0.15, -0.1) is 11.3 Å². The van der Waals surface area contributed by atoms with Crippen molar-refractivity contribution in [2.75, 3.05) is 13.7 Å². The minimum absolute atomic E-state index is 0.286. The number of nitrogens with zero attached hydrogens (tertiary/aromatic N) is 3. The Hall–Kier alpha value is -2.20. The minimum Gasteiger partial charge on any atom is -0.481 e. The molecule has 0 aliphatic heterocycles. The molecular weight excluding hydrogens is 477 g/mol. The molecule has 31 heavy (non-hydrogen) atoms. The van der Waals surface area contributed by atoms with E-state index in [1.54, 1.807) is 19.4 Å². The summed E-state index contributed by atoms with van der Waals surface area (Å²) in [5, 5.41) is 7.90. The second-order valence-electron chi connectivity index (χ2n) is 6.67. The fraction of sp³-hybridized carbons (Fsp3) is 0.250. The molecule has 0 aromatic carbocycles. The first-order valence-electron chi connectivity index (χ1n) is 9.47. The van der Waals surface area contributed by atoms with E-state index in [0.717, 1.165) is 40.4 Å². The predicted molar refractivity (Wildman–Crippen MR) is 126 cm³/mol. The van der Waals surface area contributed by atoms with Crippen molar-refractivity contribution in [1.29, 1.82) is 0 Å². The maximum Gasteiger partial charge on any atom is 0.325 e. The molecular formula is C20H19Cl2N5O2S2. The molecule has 0 fully saturated rings. The molecule has 1 aliphatic rings. The topological polar surface area (TPSA) is 81.1 Å². The number of hydrogen-bond donors (Lipinski definition) is 2. The molecule has 0 saturated carbocycles. The second-order valence-corrected chi connectivity index (χ2v) is 9.84. The number of thiophene rings is 1. The van der Waals surface area contributed by atoms with Crippen LogP contribution in [0.2, 0.25) is 9.36 Å². The van der Waals surface area contributed by atoms with Gasteiger partial charge in [-0.2, -0.15) is 5.10 Å². The molecule has 2 N–H and O–H groups in total. The molecule has 4 rings (SSSR count). The van der Waals surface area contributed by atoms with E-state index in [4.69, 9.17) is 27.9 Å². The van der Waals surface area contributed by atoms with E-state index in [1.807, 2.05) is 29.1 Å². The summed E-state index contributed by atoms with van der Waals surface area (Å²) in [6, 6.07) is 5.18. The Kier molecular flexibility index (Phi) is 7.06. The minimum atomic E-state index is -0.286. The molecule has 3 heterocycles. The van der Waals surface area contributed by atoms with Crippen LogP contribution in [-0.4, -0.2) is 34.5 Å². The normalized spacial score (nSPS) is 14.4. The van der Waals surface area contributed by atoms with Crippen LogP contribution in [0.3, 0.4) is 0 Å². The fourth-order valence-corrected chi connectivity index (χ4v) is 5.57. The Balaban J connectivity index is 1.41. The van der Waals surface area contributed by atoms with Crippen molar-refractivity contribution in [3.63, 3.8) is 0 Å². The first-order chi connectivity index (χ1) is 15.0. The zero-order chi connectivity index (χ0) is 21.8. The van der Waals surface area contributed by atoms with Gasteiger partial charge in [0, 0.05) is 12.6 Å². The molecule has 1 aliphatic carbocycles. The van der Waals surface area contributed by atoms with E-state index in [-0.39, 0.29) is 6.03 Å². The average Bonchev–Trinajstić information content (AvgIpc) is 3.36. The summed E-state index contributed by atoms with van der Waals surface area (Å²) in [5.41, 5.74) is 4.28. The van der Waals surface area contributed by atoms with E-state index < -0.39 is 0 Å². The summed E-state index contributed by atoms with van der Waals surface area (Å²) in [6.45, 7) is 0.402. The van der Waals surface area contributed by atoms with E-state index >= 15 is 0 Å². The number of urea groups is 1. The molecule has 0 saturated heterocycles. The van der Waals surface area contributed by atoms with Gasteiger partial charge < -0.3 is 10.1 Å². The number of ether oxygens (including phenoxy) is 1. The van der Waals surface area contributed by atoms with E-state index in [9.17, 15) is 4.79 Å². The summed E-state index contributed by atoms with van der Waals surface area (Å²) in [6.07, 6.45) is 8.63. The molecule has 11 heteroatoms. The maximum absolute atomic E-state index is 12.1. The summed E-state index contributed by atoms with van der Waals surface area (Å²) in [4.78, 5) is 16.4. The Morgan fingerprint density at radius 1 is 1.35 bits per heavy atom. The smallest absolute Gasteiger partial charge is 0.325 e. The SMILES string of the molecule is COc1ccc(-n2ncc3c2/C(=C/CNC(=O)NSc2cc(Cl)c(Cl)s2)CCC3)cn1. The van der Waals surface area contributed by atoms with Crippen molar-refractivity contribution in [2.45, 2.75) is 23.5 Å². The van der Waals surface area contributed by atoms with Crippen LogP contribution in [0.25, 0.3) is 11.3 Å². The Morgan fingerprint density at radius 3 is 2.94 bits per heavy atom. The lowest BCUT2D eigenvalue weighted by molar-refractivity contribution is 0.247. The molecule has 7 nitrogen and oxygen atoms in total. The van der Waals surface area contributed by atoms with Crippen molar-refractivity contribution in [1.82, 2.24) is 24.8 Å². The number of allylic oxidation sites excluding steroid dienone is 1. The number of hydrogen-bond acceptors (Lipinski definition) is 6. The summed E-state index contributed by atoms with van der Waals surface area (Å²) < 4.78 is 11.1. The lowest BCUT2D eigenvalue weighted by Gasteiger charge is -2.18. The molecule has 0 spiro atoms. The predicted octanol–water partition coefficient (Wildman–Crippen LogP) is 5.37. The van der Waals surface area contributed by atoms with E-state index in [2.05, 4.69) is 20.1 Å². The number of pyridine rings is 1. The molecule has 0 unspecified atom stereocenters. The number of aromatic nitrogens is 3. The zero-order valence-electron chi connectivity index (χ0n) is 16.5. The summed E-state index contributed by atoms with van der Waals surface area (Å²) in [5.74, 6) is 0.556. The summed E-state index contributed by atoms with van der Waals surface area (Å²) >= 11 is 14.4. The summed E-state index contributed by atoms with van der Waals surface area (Å²) in [7, 11) is 1.59. The van der Waals surface area contributed by atoms with Crippen molar-refractivity contribution in [3.8, 4) is 11.6 Å². The molecule has 0 bridgehead atoms. The third kappa shape index (κ3) is 5.17. The van der Waals surface area contributed by atoms with Gasteiger partial charge >= 0.3 is 6.03 Å². The Bertz CT molecular complexity index is 1090. The third-order valence-electron chi connectivity index (χ3n) is 4.69. The van der Waals surface area contributed by atoms with Crippen LogP contribution in [0.15, 0.2) is 40.9 Å². The van der Waals surface area contributed by atoms with Crippen LogP contribution < -0.4 is 14.8 Å². The zero-order valence-corrected chi connectivity index (χ0v) is 19.7. The number of amides is 2. The fourth-order valence-electron chi connectivity index (χ4n) is 3.28. The number of rotatable bonds is 6. The highest BCUT2D eigenvalue weighted by Crippen LogP contribution is 2.36. The van der Waals surface area contributed by atoms with Gasteiger partial charge in [0.15, 0.2) is 0 Å². The van der Waals surface area contributed by atoms with Crippen LogP contribution in [-0.2, 0) is 6.42 Å². The van der Waals surface area contributed by atoms with E-state index in [0.29, 0.717) is 21.8 Å². The standard InChI is InChI=1S/C20H19Cl2N5O2S2/c1-29-16-6-5-14(11-24-16)27-18-12(3-2-4-13(18)10-25-27)7-8-23-20(28)26-31-17-9-15(21)19(22)30-17/h5-7,9-11H,2-4,8H2,1H3,(H2,23,26,28)/b12-7+. The number of fused-ring (bicyclic) bond motifs is 1. The number of methoxy groups -OCH3 is 1. The third-order valence-corrected chi connectivity index (χ3v) is 7.46. The quantitative estimate of drug-likeness (QED) is 0.449. The van der Waals surface area contributed by atoms with Crippen molar-refractivity contribution >= 4 is 58.1 Å². The molecule has 3 aromatic rings. The monoisotopic (exact) mass is 495 g/mol. The van der Waals surface area contributed by atoms with Gasteiger partial charge in [-0.3, -0.25) is 4.72 Å². The van der Waals surface area contributed by atoms with Gasteiger partial charge in [0.25, 0.3) is 0 Å². The van der Waals surface area contributed by atoms with Gasteiger partial charge in [0.2, 0.25) is 5.88 Å². The van der Waals surface area contributed by atoms with E-state index in [1.165, 1.54) is 28.8 Å². The molecule has 2 amide bonds. The number of carbonyl (C=O) groups is 1. The second kappa shape index (κ2) is 9.95. The van der Waals surface area contributed by atoms with Gasteiger partial charge in [-0.1, -0.05) is 29.3 Å². The molecule has 0 atom stereocenters. The number of halogens is 2. The highest BCUT2D eigenvalue weighted by atomic mass is 35.5. The van der Waals surface area contributed by atoms with Gasteiger partial charge in [0.1, 0.15) is 4.34 Å². The van der Waals surface area contributed by atoms with Crippen LogP contribution >= 0.6 is 46.5 Å². The van der Waals surface area contributed by atoms with Gasteiger partial charge in [-0.25, -0.2) is 14.5 Å². The van der Waals surface area contributed by atoms with Crippen LogP contribution in [0.1, 0.15) is 24.1 Å². The molecule has 162 valence electrons. The highest BCUT2D eigenvalue weighted by molar-refractivity contribution is 7.99. The largest absolute Gasteiger partial charge is 0.481 e. The lowest BCUT2D eigenvalue weighted by Crippen LogP contribution is -2.31. The Labute approximate surface area is 197 Å². The average molecular weight is 496 g/mol. The number of aryl methyl sites for hydroxylation is 1. The van der Waals surface area contributed by atoms with Gasteiger partial charge in [-0.05, 0) is 54.5 Å². The maximum atomic E-state index is 12.1. The molecule has 3 aromatic heterocycles. The lowest BCUT2D eigenvalue weighted by atomic mass is 9.92. The first-order valence-corrected chi connectivity index (χ1v) is 11.9. The van der Waals surface area contributed by atoms with Crippen molar-refractivity contribution in [2.24, 2.45) is 0 Å².